The molecule has 0 aliphatic heterocycles. The molecule has 0 saturated heterocycles. The number of hydrogen-bond acceptors (Lipinski definition) is 2. The van der Waals surface area contributed by atoms with E-state index in [1.54, 1.807) is 0 Å². The van der Waals surface area contributed by atoms with Crippen LogP contribution >= 0.6 is 0 Å². The standard InChI is InChI=1S/C21H18F3O2S/c1-25-15-26-20-14-18(12-13-19(20)21(22,23)24)27(16-8-4-2-5-9-16)17-10-6-3-7-11-17/h2-14H,15H2,1H3/q+1. The van der Waals surface area contributed by atoms with E-state index in [1.165, 1.54) is 19.2 Å². The third kappa shape index (κ3) is 4.64. The van der Waals surface area contributed by atoms with E-state index in [0.717, 1.165) is 20.8 Å². The van der Waals surface area contributed by atoms with E-state index in [9.17, 15) is 13.2 Å². The van der Waals surface area contributed by atoms with Crippen LogP contribution in [0.1, 0.15) is 5.56 Å². The Labute approximate surface area is 158 Å². The molecule has 0 fully saturated rings. The van der Waals surface area contributed by atoms with Gasteiger partial charge in [0, 0.05) is 13.2 Å². The molecule has 0 N–H and O–H groups in total. The predicted molar refractivity (Wildman–Crippen MR) is 99.0 cm³/mol. The highest BCUT2D eigenvalue weighted by molar-refractivity contribution is 7.97. The van der Waals surface area contributed by atoms with Crippen LogP contribution in [0.3, 0.4) is 0 Å². The van der Waals surface area contributed by atoms with E-state index in [1.807, 2.05) is 60.7 Å². The number of benzene rings is 3. The Kier molecular flexibility index (Phi) is 6.08. The first-order valence-electron chi connectivity index (χ1n) is 8.18. The van der Waals surface area contributed by atoms with Gasteiger partial charge in [0.1, 0.15) is 5.75 Å². The summed E-state index contributed by atoms with van der Waals surface area (Å²) in [6.45, 7) is -0.253. The fraction of sp³-hybridized carbons (Fsp3) is 0.143. The lowest BCUT2D eigenvalue weighted by atomic mass is 10.2. The Morgan fingerprint density at radius 2 is 1.33 bits per heavy atom. The van der Waals surface area contributed by atoms with Crippen LogP contribution in [0.15, 0.2) is 93.5 Å². The van der Waals surface area contributed by atoms with Crippen LogP contribution in [0.4, 0.5) is 13.2 Å². The van der Waals surface area contributed by atoms with Gasteiger partial charge in [-0.15, -0.1) is 0 Å². The van der Waals surface area contributed by atoms with Gasteiger partial charge in [0.15, 0.2) is 21.5 Å². The van der Waals surface area contributed by atoms with Crippen LogP contribution in [0.5, 0.6) is 5.75 Å². The molecule has 3 rings (SSSR count). The number of halogens is 3. The molecule has 0 saturated carbocycles. The summed E-state index contributed by atoms with van der Waals surface area (Å²) < 4.78 is 50.0. The largest absolute Gasteiger partial charge is 0.467 e. The average molecular weight is 391 g/mol. The lowest BCUT2D eigenvalue weighted by Crippen LogP contribution is -2.12. The molecule has 0 radical (unpaired) electrons. The van der Waals surface area contributed by atoms with E-state index in [4.69, 9.17) is 9.47 Å². The van der Waals surface area contributed by atoms with Gasteiger partial charge in [-0.05, 0) is 36.4 Å². The van der Waals surface area contributed by atoms with Crippen LogP contribution in [0, 0.1) is 0 Å². The van der Waals surface area contributed by atoms with Crippen molar-refractivity contribution in [2.24, 2.45) is 0 Å². The van der Waals surface area contributed by atoms with Crippen LogP contribution < -0.4 is 4.74 Å². The summed E-state index contributed by atoms with van der Waals surface area (Å²) in [6.07, 6.45) is -4.50. The Morgan fingerprint density at radius 3 is 1.81 bits per heavy atom. The maximum atomic E-state index is 13.3. The van der Waals surface area contributed by atoms with E-state index in [2.05, 4.69) is 0 Å². The van der Waals surface area contributed by atoms with Crippen molar-refractivity contribution >= 4 is 10.9 Å². The summed E-state index contributed by atoms with van der Waals surface area (Å²) in [7, 11) is 0.817. The second-order valence-corrected chi connectivity index (χ2v) is 7.67. The van der Waals surface area contributed by atoms with Gasteiger partial charge in [-0.2, -0.15) is 13.2 Å². The predicted octanol–water partition coefficient (Wildman–Crippen LogP) is 5.78. The number of methoxy groups -OCH3 is 1. The molecule has 0 aliphatic carbocycles. The fourth-order valence-electron chi connectivity index (χ4n) is 2.63. The van der Waals surface area contributed by atoms with Crippen LogP contribution in [-0.4, -0.2) is 13.9 Å². The summed E-state index contributed by atoms with van der Waals surface area (Å²) in [5.74, 6) is -0.230. The van der Waals surface area contributed by atoms with Gasteiger partial charge in [0.2, 0.25) is 0 Å². The van der Waals surface area contributed by atoms with Gasteiger partial charge in [-0.3, -0.25) is 0 Å². The van der Waals surface area contributed by atoms with Gasteiger partial charge in [-0.25, -0.2) is 0 Å². The highest BCUT2D eigenvalue weighted by Gasteiger charge is 2.37. The van der Waals surface area contributed by atoms with Crippen molar-refractivity contribution in [2.75, 3.05) is 13.9 Å². The molecular formula is C21H18F3O2S+. The first-order valence-corrected chi connectivity index (χ1v) is 9.40. The summed E-state index contributed by atoms with van der Waals surface area (Å²) in [5, 5.41) is 0. The van der Waals surface area contributed by atoms with Crippen molar-refractivity contribution in [3.8, 4) is 5.75 Å². The molecule has 0 amide bonds. The van der Waals surface area contributed by atoms with Gasteiger partial charge in [0.05, 0.1) is 16.5 Å². The Bertz CT molecular complexity index is 828. The van der Waals surface area contributed by atoms with Crippen molar-refractivity contribution in [3.05, 3.63) is 84.4 Å². The van der Waals surface area contributed by atoms with Crippen molar-refractivity contribution in [2.45, 2.75) is 20.9 Å². The minimum atomic E-state index is -4.50. The van der Waals surface area contributed by atoms with Crippen molar-refractivity contribution in [1.29, 1.82) is 0 Å². The first-order chi connectivity index (χ1) is 13.0. The monoisotopic (exact) mass is 391 g/mol. The lowest BCUT2D eigenvalue weighted by molar-refractivity contribution is -0.139. The summed E-state index contributed by atoms with van der Waals surface area (Å²) >= 11 is 0. The number of hydrogen-bond donors (Lipinski definition) is 0. The molecule has 27 heavy (non-hydrogen) atoms. The lowest BCUT2D eigenvalue weighted by Gasteiger charge is -2.15. The SMILES string of the molecule is COCOc1cc([S+](c2ccccc2)c2ccccc2)ccc1C(F)(F)F. The molecule has 3 aromatic carbocycles. The Morgan fingerprint density at radius 1 is 0.778 bits per heavy atom. The first kappa shape index (κ1) is 19.3. The molecule has 0 spiro atoms. The molecular weight excluding hydrogens is 373 g/mol. The minimum absolute atomic E-state index is 0.230. The van der Waals surface area contributed by atoms with Gasteiger partial charge in [-0.1, -0.05) is 36.4 Å². The summed E-state index contributed by atoms with van der Waals surface area (Å²) in [4.78, 5) is 2.77. The second-order valence-electron chi connectivity index (χ2n) is 5.64. The van der Waals surface area contributed by atoms with Crippen molar-refractivity contribution in [3.63, 3.8) is 0 Å². The van der Waals surface area contributed by atoms with Crippen LogP contribution in [0.2, 0.25) is 0 Å². The number of alkyl halides is 3. The average Bonchev–Trinajstić information content (AvgIpc) is 2.67. The molecule has 2 nitrogen and oxygen atoms in total. The highest BCUT2D eigenvalue weighted by Crippen LogP contribution is 2.40. The second kappa shape index (κ2) is 8.50. The highest BCUT2D eigenvalue weighted by atomic mass is 32.2. The van der Waals surface area contributed by atoms with E-state index < -0.39 is 22.6 Å². The maximum Gasteiger partial charge on any atom is 0.419 e. The number of ether oxygens (including phenoxy) is 2. The van der Waals surface area contributed by atoms with E-state index >= 15 is 0 Å². The fourth-order valence-corrected chi connectivity index (χ4v) is 4.73. The molecule has 140 valence electrons. The molecule has 0 aromatic heterocycles. The van der Waals surface area contributed by atoms with Gasteiger partial charge >= 0.3 is 6.18 Å². The van der Waals surface area contributed by atoms with Crippen molar-refractivity contribution < 1.29 is 22.6 Å². The number of rotatable bonds is 6. The molecule has 0 heterocycles. The minimum Gasteiger partial charge on any atom is -0.467 e. The van der Waals surface area contributed by atoms with Crippen molar-refractivity contribution in [1.82, 2.24) is 0 Å². The molecule has 0 aliphatic rings. The third-order valence-corrected chi connectivity index (χ3v) is 6.00. The zero-order valence-electron chi connectivity index (χ0n) is 14.6. The van der Waals surface area contributed by atoms with E-state index in [-0.39, 0.29) is 12.5 Å². The topological polar surface area (TPSA) is 18.5 Å². The zero-order chi connectivity index (χ0) is 19.3. The zero-order valence-corrected chi connectivity index (χ0v) is 15.4. The van der Waals surface area contributed by atoms with Crippen LogP contribution in [-0.2, 0) is 21.8 Å². The maximum absolute atomic E-state index is 13.3. The van der Waals surface area contributed by atoms with Gasteiger partial charge < -0.3 is 9.47 Å². The summed E-state index contributed by atoms with van der Waals surface area (Å²) in [6, 6.07) is 23.5. The normalized spacial score (nSPS) is 11.6. The summed E-state index contributed by atoms with van der Waals surface area (Å²) in [5.41, 5.74) is -0.812. The molecule has 3 aromatic rings. The Hall–Kier alpha value is -2.44. The Balaban J connectivity index is 2.12. The van der Waals surface area contributed by atoms with Crippen LogP contribution in [0.25, 0.3) is 0 Å². The molecule has 0 unspecified atom stereocenters. The van der Waals surface area contributed by atoms with E-state index in [0.29, 0.717) is 0 Å². The molecule has 0 bridgehead atoms. The molecule has 6 heteroatoms. The third-order valence-electron chi connectivity index (χ3n) is 3.78. The smallest absolute Gasteiger partial charge is 0.419 e. The quantitative estimate of drug-likeness (QED) is 0.391. The molecule has 0 atom stereocenters. The van der Waals surface area contributed by atoms with Gasteiger partial charge in [0.25, 0.3) is 0 Å².